The molecule has 0 amide bonds. The van der Waals surface area contributed by atoms with E-state index in [1.807, 2.05) is 0 Å². The van der Waals surface area contributed by atoms with Gasteiger partial charge in [0.15, 0.2) is 0 Å². The van der Waals surface area contributed by atoms with E-state index >= 15 is 0 Å². The van der Waals surface area contributed by atoms with E-state index in [9.17, 15) is 14.4 Å². The van der Waals surface area contributed by atoms with E-state index in [0.717, 1.165) is 38.5 Å². The Bertz CT molecular complexity index is 361. The molecule has 0 saturated carbocycles. The van der Waals surface area contributed by atoms with Crippen molar-refractivity contribution in [1.29, 1.82) is 0 Å². The van der Waals surface area contributed by atoms with Crippen LogP contribution >= 0.6 is 0 Å². The van der Waals surface area contributed by atoms with E-state index in [2.05, 4.69) is 27.7 Å². The van der Waals surface area contributed by atoms with Crippen molar-refractivity contribution in [2.75, 3.05) is 6.61 Å². The van der Waals surface area contributed by atoms with Crippen molar-refractivity contribution in [3.8, 4) is 0 Å². The van der Waals surface area contributed by atoms with Gasteiger partial charge in [-0.15, -0.1) is 0 Å². The van der Waals surface area contributed by atoms with Crippen LogP contribution in [0.5, 0.6) is 0 Å². The molecule has 0 aromatic carbocycles. The maximum Gasteiger partial charge on any atom is 0.313 e. The van der Waals surface area contributed by atoms with Crippen LogP contribution in [0.2, 0.25) is 0 Å². The second-order valence-corrected chi connectivity index (χ2v) is 7.19. The fourth-order valence-corrected chi connectivity index (χ4v) is 2.16. The van der Waals surface area contributed by atoms with Crippen molar-refractivity contribution >= 4 is 17.7 Å². The van der Waals surface area contributed by atoms with Gasteiger partial charge in [0.2, 0.25) is 0 Å². The zero-order valence-electron chi connectivity index (χ0n) is 16.8. The molecule has 0 saturated heterocycles. The minimum atomic E-state index is -0.677. The first-order valence-electron chi connectivity index (χ1n) is 9.58. The van der Waals surface area contributed by atoms with Crippen molar-refractivity contribution in [1.82, 2.24) is 0 Å². The molecule has 0 aliphatic heterocycles. The summed E-state index contributed by atoms with van der Waals surface area (Å²) in [6.07, 6.45) is 6.88. The molecule has 0 aromatic rings. The Balaban J connectivity index is 0. The predicted octanol–water partition coefficient (Wildman–Crippen LogP) is 5.01. The lowest BCUT2D eigenvalue weighted by Gasteiger charge is -2.04. The molecule has 5 nitrogen and oxygen atoms in total. The van der Waals surface area contributed by atoms with Crippen LogP contribution < -0.4 is 0 Å². The summed E-state index contributed by atoms with van der Waals surface area (Å²) in [5.41, 5.74) is 0. The number of ketones is 1. The second-order valence-electron chi connectivity index (χ2n) is 7.19. The molecular weight excluding hydrogens is 320 g/mol. The first-order valence-corrected chi connectivity index (χ1v) is 9.58. The van der Waals surface area contributed by atoms with Gasteiger partial charge in [-0.2, -0.15) is 0 Å². The van der Waals surface area contributed by atoms with Gasteiger partial charge < -0.3 is 9.84 Å². The average molecular weight is 359 g/mol. The predicted molar refractivity (Wildman–Crippen MR) is 101 cm³/mol. The third kappa shape index (κ3) is 25.0. The first kappa shape index (κ1) is 25.8. The van der Waals surface area contributed by atoms with Gasteiger partial charge >= 0.3 is 11.9 Å². The summed E-state index contributed by atoms with van der Waals surface area (Å²) < 4.78 is 4.70. The minimum Gasteiger partial charge on any atom is -0.481 e. The Morgan fingerprint density at radius 2 is 1.32 bits per heavy atom. The number of hydrogen-bond donors (Lipinski definition) is 1. The maximum atomic E-state index is 11.3. The number of unbranched alkanes of at least 4 members (excludes halogenated alkanes) is 2. The van der Waals surface area contributed by atoms with Crippen molar-refractivity contribution in [3.63, 3.8) is 0 Å². The molecule has 0 spiro atoms. The van der Waals surface area contributed by atoms with Crippen LogP contribution in [0.25, 0.3) is 0 Å². The number of aliphatic carboxylic acids is 1. The molecule has 0 unspecified atom stereocenters. The number of esters is 1. The molecule has 0 radical (unpaired) electrons. The van der Waals surface area contributed by atoms with Crippen molar-refractivity contribution in [2.45, 2.75) is 92.4 Å². The van der Waals surface area contributed by atoms with E-state index in [-0.39, 0.29) is 12.2 Å². The van der Waals surface area contributed by atoms with Gasteiger partial charge in [0, 0.05) is 12.8 Å². The third-order valence-electron chi connectivity index (χ3n) is 3.56. The Morgan fingerprint density at radius 1 is 0.840 bits per heavy atom. The number of rotatable bonds is 13. The highest BCUT2D eigenvalue weighted by Gasteiger charge is 2.09. The molecule has 148 valence electrons. The van der Waals surface area contributed by atoms with Gasteiger partial charge in [-0.25, -0.2) is 0 Å². The Labute approximate surface area is 153 Å². The molecule has 0 bridgehead atoms. The van der Waals surface area contributed by atoms with E-state index in [1.54, 1.807) is 6.92 Å². The average Bonchev–Trinajstić information content (AvgIpc) is 2.48. The van der Waals surface area contributed by atoms with Crippen molar-refractivity contribution in [2.24, 2.45) is 11.8 Å². The molecule has 5 heteroatoms. The number of carboxylic acids is 1. The summed E-state index contributed by atoms with van der Waals surface area (Å²) in [6, 6.07) is 0. The van der Waals surface area contributed by atoms with E-state index in [1.165, 1.54) is 0 Å². The van der Waals surface area contributed by atoms with Crippen LogP contribution in [0, 0.1) is 11.8 Å². The molecule has 0 heterocycles. The molecule has 1 N–H and O–H groups in total. The van der Waals surface area contributed by atoms with Crippen LogP contribution in [0.15, 0.2) is 0 Å². The summed E-state index contributed by atoms with van der Waals surface area (Å²) in [5, 5.41) is 8.28. The smallest absolute Gasteiger partial charge is 0.313 e. The van der Waals surface area contributed by atoms with Gasteiger partial charge in [0.1, 0.15) is 12.2 Å². The Kier molecular flexibility index (Phi) is 18.0. The highest BCUT2D eigenvalue weighted by Crippen LogP contribution is 2.09. The Hall–Kier alpha value is -1.39. The number of carboxylic acid groups (broad SMARTS) is 1. The molecule has 25 heavy (non-hydrogen) atoms. The van der Waals surface area contributed by atoms with Crippen LogP contribution in [0.4, 0.5) is 0 Å². The normalized spacial score (nSPS) is 10.4. The van der Waals surface area contributed by atoms with Crippen LogP contribution in [-0.2, 0) is 19.1 Å². The van der Waals surface area contributed by atoms with Gasteiger partial charge in [0.25, 0.3) is 0 Å². The summed E-state index contributed by atoms with van der Waals surface area (Å²) in [6.45, 7) is 10.7. The topological polar surface area (TPSA) is 80.7 Å². The number of Topliss-reactive ketones (excluding diaryl/α,β-unsaturated/α-hetero) is 1. The van der Waals surface area contributed by atoms with Crippen LogP contribution in [0.3, 0.4) is 0 Å². The zero-order valence-corrected chi connectivity index (χ0v) is 16.8. The largest absolute Gasteiger partial charge is 0.481 e. The summed E-state index contributed by atoms with van der Waals surface area (Å²) in [4.78, 5) is 32.3. The summed E-state index contributed by atoms with van der Waals surface area (Å²) in [7, 11) is 0. The lowest BCUT2D eigenvalue weighted by Crippen LogP contribution is -2.10. The maximum absolute atomic E-state index is 11.3. The van der Waals surface area contributed by atoms with Crippen LogP contribution in [0.1, 0.15) is 92.4 Å². The number of hydrogen-bond acceptors (Lipinski definition) is 4. The fourth-order valence-electron chi connectivity index (χ4n) is 2.16. The number of carbonyl (C=O) groups is 3. The fraction of sp³-hybridized carbons (Fsp3) is 0.850. The van der Waals surface area contributed by atoms with Gasteiger partial charge in [-0.1, -0.05) is 53.4 Å². The second kappa shape index (κ2) is 17.4. The lowest BCUT2D eigenvalue weighted by atomic mass is 10.0. The van der Waals surface area contributed by atoms with Crippen molar-refractivity contribution < 1.29 is 24.2 Å². The highest BCUT2D eigenvalue weighted by atomic mass is 16.5. The number of carbonyl (C=O) groups excluding carboxylic acids is 2. The number of ether oxygens (including phenoxy) is 1. The van der Waals surface area contributed by atoms with E-state index < -0.39 is 11.9 Å². The standard InChI is InChI=1S/C12H22O3.C8H16O2/c1-4-15-12(14)9-11(13)8-6-5-7-10(2)3;1-7(2)5-3-4-6-8(9)10/h10H,4-9H2,1-3H3;7H,3-6H2,1-2H3,(H,9,10). The third-order valence-corrected chi connectivity index (χ3v) is 3.56. The molecule has 0 fully saturated rings. The summed E-state index contributed by atoms with van der Waals surface area (Å²) in [5.74, 6) is 0.311. The lowest BCUT2D eigenvalue weighted by molar-refractivity contribution is -0.145. The van der Waals surface area contributed by atoms with Gasteiger partial charge in [-0.05, 0) is 31.6 Å². The van der Waals surface area contributed by atoms with Gasteiger partial charge in [-0.3, -0.25) is 14.4 Å². The molecule has 0 rings (SSSR count). The Morgan fingerprint density at radius 3 is 1.72 bits per heavy atom. The minimum absolute atomic E-state index is 0.00259. The van der Waals surface area contributed by atoms with E-state index in [4.69, 9.17) is 9.84 Å². The van der Waals surface area contributed by atoms with Crippen molar-refractivity contribution in [3.05, 3.63) is 0 Å². The molecule has 0 aliphatic carbocycles. The van der Waals surface area contributed by atoms with E-state index in [0.29, 0.717) is 31.3 Å². The molecule has 0 aromatic heterocycles. The summed E-state index contributed by atoms with van der Waals surface area (Å²) >= 11 is 0. The quantitative estimate of drug-likeness (QED) is 0.284. The van der Waals surface area contributed by atoms with Gasteiger partial charge in [0.05, 0.1) is 6.61 Å². The molecular formula is C20H38O5. The highest BCUT2D eigenvalue weighted by molar-refractivity contribution is 5.95. The molecule has 0 aliphatic rings. The first-order chi connectivity index (χ1) is 11.7. The molecule has 0 atom stereocenters. The zero-order chi connectivity index (χ0) is 19.7. The van der Waals surface area contributed by atoms with Crippen LogP contribution in [-0.4, -0.2) is 29.4 Å². The monoisotopic (exact) mass is 358 g/mol. The SMILES string of the molecule is CC(C)CCCCC(=O)O.CCOC(=O)CC(=O)CCCCC(C)C.